The first-order valence-corrected chi connectivity index (χ1v) is 3.85. The molecule has 0 aliphatic carbocycles. The van der Waals surface area contributed by atoms with E-state index in [-0.39, 0.29) is 0 Å². The lowest BCUT2D eigenvalue weighted by molar-refractivity contribution is 0.471. The summed E-state index contributed by atoms with van der Waals surface area (Å²) in [5, 5.41) is 14.4. The van der Waals surface area contributed by atoms with E-state index in [4.69, 9.17) is 0 Å². The monoisotopic (exact) mass is 157 g/mol. The van der Waals surface area contributed by atoms with Crippen LogP contribution in [-0.2, 0) is 0 Å². The Morgan fingerprint density at radius 3 is 3.00 bits per heavy atom. The van der Waals surface area contributed by atoms with E-state index in [9.17, 15) is 0 Å². The molecule has 1 aromatic heterocycles. The fourth-order valence-electron chi connectivity index (χ4n) is 0.755. The third-order valence-corrected chi connectivity index (χ3v) is 1.94. The van der Waals surface area contributed by atoms with Gasteiger partial charge in [0.15, 0.2) is 0 Å². The Hall–Kier alpha value is -0.750. The molecule has 5 nitrogen and oxygen atoms in total. The first kappa shape index (κ1) is 5.99. The van der Waals surface area contributed by atoms with Crippen molar-refractivity contribution in [1.82, 2.24) is 20.1 Å². The fraction of sp³-hybridized carbons (Fsp3) is 0.750. The highest BCUT2D eigenvalue weighted by atomic mass is 32.1. The van der Waals surface area contributed by atoms with E-state index in [0.717, 1.165) is 18.2 Å². The van der Waals surface area contributed by atoms with Gasteiger partial charge in [-0.05, 0) is 5.21 Å². The van der Waals surface area contributed by atoms with Crippen LogP contribution < -0.4 is 10.6 Å². The number of nitrogens with one attached hydrogen (secondary N) is 2. The van der Waals surface area contributed by atoms with Crippen molar-refractivity contribution in [3.63, 3.8) is 0 Å². The molecule has 1 aromatic rings. The van der Waals surface area contributed by atoms with Crippen LogP contribution in [0.15, 0.2) is 0 Å². The number of nitrogens with zero attached hydrogens (tertiary/aromatic N) is 3. The van der Waals surface area contributed by atoms with Gasteiger partial charge >= 0.3 is 0 Å². The average Bonchev–Trinajstić information content (AvgIpc) is 2.29. The summed E-state index contributed by atoms with van der Waals surface area (Å²) in [5.74, 6) is 0. The Morgan fingerprint density at radius 2 is 2.50 bits per heavy atom. The molecule has 0 bridgehead atoms. The predicted octanol–water partition coefficient (Wildman–Crippen LogP) is -0.683. The molecule has 1 fully saturated rings. The van der Waals surface area contributed by atoms with Gasteiger partial charge in [-0.1, -0.05) is 9.59 Å². The maximum Gasteiger partial charge on any atom is 0.225 e. The van der Waals surface area contributed by atoms with Crippen LogP contribution in [-0.4, -0.2) is 33.9 Å². The number of hydrogen-bond acceptors (Lipinski definition) is 6. The molecule has 1 aliphatic heterocycles. The number of rotatable bonds is 2. The molecule has 0 amide bonds. The third-order valence-electron chi connectivity index (χ3n) is 1.41. The zero-order valence-corrected chi connectivity index (χ0v) is 6.06. The second kappa shape index (κ2) is 2.47. The summed E-state index contributed by atoms with van der Waals surface area (Å²) in [7, 11) is 0. The Bertz CT molecular complexity index is 193. The Balaban J connectivity index is 1.90. The zero-order valence-electron chi connectivity index (χ0n) is 5.24. The van der Waals surface area contributed by atoms with Crippen LogP contribution in [0.4, 0.5) is 5.13 Å². The third kappa shape index (κ3) is 1.07. The van der Waals surface area contributed by atoms with Crippen LogP contribution in [0.2, 0.25) is 0 Å². The average molecular weight is 157 g/mol. The van der Waals surface area contributed by atoms with Crippen molar-refractivity contribution in [2.75, 3.05) is 18.4 Å². The van der Waals surface area contributed by atoms with Gasteiger partial charge < -0.3 is 10.6 Å². The summed E-state index contributed by atoms with van der Waals surface area (Å²) in [5.41, 5.74) is 0. The van der Waals surface area contributed by atoms with Crippen LogP contribution >= 0.6 is 11.5 Å². The van der Waals surface area contributed by atoms with E-state index >= 15 is 0 Å². The minimum atomic E-state index is 0.523. The minimum Gasteiger partial charge on any atom is -0.354 e. The molecule has 2 rings (SSSR count). The van der Waals surface area contributed by atoms with Crippen LogP contribution in [0.25, 0.3) is 0 Å². The van der Waals surface area contributed by atoms with E-state index < -0.39 is 0 Å². The van der Waals surface area contributed by atoms with E-state index in [1.54, 1.807) is 0 Å². The van der Waals surface area contributed by atoms with Crippen molar-refractivity contribution in [2.45, 2.75) is 6.04 Å². The first-order valence-electron chi connectivity index (χ1n) is 3.07. The summed E-state index contributed by atoms with van der Waals surface area (Å²) < 4.78 is 3.63. The quantitative estimate of drug-likeness (QED) is 0.595. The zero-order chi connectivity index (χ0) is 6.81. The van der Waals surface area contributed by atoms with Gasteiger partial charge in [0.2, 0.25) is 5.13 Å². The van der Waals surface area contributed by atoms with E-state index in [0.29, 0.717) is 6.04 Å². The summed E-state index contributed by atoms with van der Waals surface area (Å²) in [6.07, 6.45) is 0. The largest absolute Gasteiger partial charge is 0.354 e. The Kier molecular flexibility index (Phi) is 1.48. The van der Waals surface area contributed by atoms with Crippen LogP contribution in [0.5, 0.6) is 0 Å². The van der Waals surface area contributed by atoms with Gasteiger partial charge in [-0.2, -0.15) is 0 Å². The maximum absolute atomic E-state index is 3.76. The van der Waals surface area contributed by atoms with Gasteiger partial charge in [0.05, 0.1) is 6.04 Å². The molecule has 0 aromatic carbocycles. The molecule has 0 unspecified atom stereocenters. The number of aromatic nitrogens is 3. The first-order chi connectivity index (χ1) is 4.95. The molecule has 10 heavy (non-hydrogen) atoms. The SMILES string of the molecule is C1NCC1Nc1nnns1. The van der Waals surface area contributed by atoms with Crippen molar-refractivity contribution in [3.8, 4) is 0 Å². The predicted molar refractivity (Wildman–Crippen MR) is 38.0 cm³/mol. The van der Waals surface area contributed by atoms with E-state index in [2.05, 4.69) is 25.4 Å². The van der Waals surface area contributed by atoms with Crippen LogP contribution in [0, 0.1) is 0 Å². The number of anilines is 1. The van der Waals surface area contributed by atoms with E-state index in [1.807, 2.05) is 0 Å². The second-order valence-corrected chi connectivity index (χ2v) is 2.90. The van der Waals surface area contributed by atoms with Gasteiger partial charge in [0.25, 0.3) is 0 Å². The second-order valence-electron chi connectivity index (χ2n) is 2.17. The Labute approximate surface area is 62.0 Å². The van der Waals surface area contributed by atoms with Gasteiger partial charge in [0, 0.05) is 24.6 Å². The van der Waals surface area contributed by atoms with Crippen molar-refractivity contribution in [3.05, 3.63) is 0 Å². The molecule has 54 valence electrons. The summed E-state index contributed by atoms with van der Waals surface area (Å²) in [4.78, 5) is 0. The fourth-order valence-corrected chi connectivity index (χ4v) is 1.20. The summed E-state index contributed by atoms with van der Waals surface area (Å²) in [6.45, 7) is 2.03. The topological polar surface area (TPSA) is 62.7 Å². The maximum atomic E-state index is 3.76. The smallest absolute Gasteiger partial charge is 0.225 e. The lowest BCUT2D eigenvalue weighted by Crippen LogP contribution is -2.51. The van der Waals surface area contributed by atoms with Gasteiger partial charge in [-0.25, -0.2) is 0 Å². The molecule has 0 atom stereocenters. The van der Waals surface area contributed by atoms with E-state index in [1.165, 1.54) is 11.5 Å². The minimum absolute atomic E-state index is 0.523. The molecular weight excluding hydrogens is 150 g/mol. The molecule has 1 aliphatic rings. The molecule has 0 saturated carbocycles. The van der Waals surface area contributed by atoms with Gasteiger partial charge in [0.1, 0.15) is 0 Å². The molecule has 0 spiro atoms. The van der Waals surface area contributed by atoms with Crippen molar-refractivity contribution in [1.29, 1.82) is 0 Å². The highest BCUT2D eigenvalue weighted by molar-refractivity contribution is 7.09. The molecule has 0 radical (unpaired) electrons. The molecule has 2 N–H and O–H groups in total. The van der Waals surface area contributed by atoms with Gasteiger partial charge in [-0.15, -0.1) is 0 Å². The standard InChI is InChI=1S/C4H7N5S/c1-3(2-5-1)6-4-7-8-9-10-4/h3,5H,1-2H2,(H,6,7,9). The normalized spacial score (nSPS) is 18.4. The molecule has 1 saturated heterocycles. The van der Waals surface area contributed by atoms with Crippen molar-refractivity contribution >= 4 is 16.7 Å². The summed E-state index contributed by atoms with van der Waals surface area (Å²) in [6, 6.07) is 0.523. The number of hydrogen-bond donors (Lipinski definition) is 2. The lowest BCUT2D eigenvalue weighted by atomic mass is 10.2. The lowest BCUT2D eigenvalue weighted by Gasteiger charge is -2.27. The van der Waals surface area contributed by atoms with Crippen molar-refractivity contribution < 1.29 is 0 Å². The highest BCUT2D eigenvalue weighted by Gasteiger charge is 2.16. The van der Waals surface area contributed by atoms with Crippen LogP contribution in [0.1, 0.15) is 0 Å². The van der Waals surface area contributed by atoms with Gasteiger partial charge in [-0.3, -0.25) is 0 Å². The summed E-state index contributed by atoms with van der Waals surface area (Å²) >= 11 is 1.29. The molecule has 2 heterocycles. The van der Waals surface area contributed by atoms with Crippen molar-refractivity contribution in [2.24, 2.45) is 0 Å². The highest BCUT2D eigenvalue weighted by Crippen LogP contribution is 2.08. The Morgan fingerprint density at radius 1 is 1.60 bits per heavy atom. The molecular formula is C4H7N5S. The van der Waals surface area contributed by atoms with Crippen LogP contribution in [0.3, 0.4) is 0 Å². The molecule has 6 heteroatoms.